The zero-order chi connectivity index (χ0) is 20.3. The first-order chi connectivity index (χ1) is 13.3. The van der Waals surface area contributed by atoms with Gasteiger partial charge in [-0.25, -0.2) is 12.8 Å². The van der Waals surface area contributed by atoms with Crippen LogP contribution in [-0.4, -0.2) is 33.8 Å². The van der Waals surface area contributed by atoms with Crippen LogP contribution in [0.5, 0.6) is 5.75 Å². The van der Waals surface area contributed by atoms with Crippen molar-refractivity contribution < 1.29 is 22.3 Å². The van der Waals surface area contributed by atoms with Crippen molar-refractivity contribution in [1.29, 1.82) is 0 Å². The number of benzene rings is 2. The van der Waals surface area contributed by atoms with E-state index in [2.05, 4.69) is 15.0 Å². The van der Waals surface area contributed by atoms with Gasteiger partial charge in [0, 0.05) is 12.0 Å². The van der Waals surface area contributed by atoms with Gasteiger partial charge in [0.1, 0.15) is 5.84 Å². The smallest absolute Gasteiger partial charge is 0.263 e. The monoisotopic (exact) mass is 405 g/mol. The molecule has 7 nitrogen and oxygen atoms in total. The normalized spacial score (nSPS) is 16.9. The van der Waals surface area contributed by atoms with Gasteiger partial charge < -0.3 is 10.1 Å². The maximum atomic E-state index is 13.8. The van der Waals surface area contributed by atoms with Crippen molar-refractivity contribution in [3.8, 4) is 5.75 Å². The second-order valence-electron chi connectivity index (χ2n) is 6.27. The number of nitrogens with one attached hydrogen (secondary N) is 2. The predicted octanol–water partition coefficient (Wildman–Crippen LogP) is 2.14. The summed E-state index contributed by atoms with van der Waals surface area (Å²) in [6.07, 6.45) is 0.0658. The molecule has 1 amide bonds. The average molecular weight is 405 g/mol. The molecule has 1 heterocycles. The molecular formula is C19H20FN3O4S. The third-order valence-corrected chi connectivity index (χ3v) is 5.72. The number of nitrogens with zero attached hydrogens (tertiary/aromatic N) is 1. The highest BCUT2D eigenvalue weighted by atomic mass is 32.2. The second kappa shape index (κ2) is 7.97. The number of rotatable bonds is 6. The predicted molar refractivity (Wildman–Crippen MR) is 102 cm³/mol. The van der Waals surface area contributed by atoms with Crippen molar-refractivity contribution in [3.05, 3.63) is 59.4 Å². The number of amides is 1. The van der Waals surface area contributed by atoms with Crippen LogP contribution in [0.2, 0.25) is 0 Å². The number of fused-ring (bicyclic) bond motifs is 1. The van der Waals surface area contributed by atoms with E-state index in [0.717, 1.165) is 0 Å². The van der Waals surface area contributed by atoms with Crippen molar-refractivity contribution in [2.75, 3.05) is 13.7 Å². The summed E-state index contributed by atoms with van der Waals surface area (Å²) in [5, 5.41) is 2.77. The minimum Gasteiger partial charge on any atom is -0.494 e. The van der Waals surface area contributed by atoms with Crippen LogP contribution in [0.15, 0.2) is 52.4 Å². The van der Waals surface area contributed by atoms with Crippen molar-refractivity contribution in [2.45, 2.75) is 24.3 Å². The number of ether oxygens (including phenoxy) is 1. The summed E-state index contributed by atoms with van der Waals surface area (Å²) in [5.41, 5.74) is 1.10. The molecule has 2 aromatic rings. The molecule has 28 heavy (non-hydrogen) atoms. The van der Waals surface area contributed by atoms with Crippen LogP contribution >= 0.6 is 0 Å². The lowest BCUT2D eigenvalue weighted by Crippen LogP contribution is -2.27. The van der Waals surface area contributed by atoms with Gasteiger partial charge in [-0.05, 0) is 36.8 Å². The Morgan fingerprint density at radius 2 is 2.04 bits per heavy atom. The third-order valence-electron chi connectivity index (χ3n) is 4.32. The van der Waals surface area contributed by atoms with Gasteiger partial charge >= 0.3 is 0 Å². The molecule has 0 aliphatic carbocycles. The molecular weight excluding hydrogens is 385 g/mol. The summed E-state index contributed by atoms with van der Waals surface area (Å²) in [6, 6.07) is 10.6. The number of sulfonamides is 1. The Labute approximate surface area is 162 Å². The maximum Gasteiger partial charge on any atom is 0.263 e. The second-order valence-corrected chi connectivity index (χ2v) is 7.92. The fourth-order valence-electron chi connectivity index (χ4n) is 2.87. The van der Waals surface area contributed by atoms with Crippen LogP contribution in [0.4, 0.5) is 4.39 Å². The molecule has 0 saturated carbocycles. The summed E-state index contributed by atoms with van der Waals surface area (Å²) >= 11 is 0. The zero-order valence-corrected chi connectivity index (χ0v) is 16.2. The number of methoxy groups -OCH3 is 1. The minimum atomic E-state index is -3.60. The number of carbonyl (C=O) groups excluding carboxylic acids is 1. The minimum absolute atomic E-state index is 0.0658. The van der Waals surface area contributed by atoms with E-state index in [0.29, 0.717) is 11.1 Å². The molecule has 1 atom stereocenters. The summed E-state index contributed by atoms with van der Waals surface area (Å²) in [4.78, 5) is 16.5. The number of halogens is 1. The Morgan fingerprint density at radius 3 is 2.75 bits per heavy atom. The number of carbonyl (C=O) groups is 1. The summed E-state index contributed by atoms with van der Waals surface area (Å²) < 4.78 is 45.1. The van der Waals surface area contributed by atoms with Gasteiger partial charge in [-0.2, -0.15) is 0 Å². The Hall–Kier alpha value is -2.94. The van der Waals surface area contributed by atoms with E-state index in [1.165, 1.54) is 25.3 Å². The Kier molecular flexibility index (Phi) is 5.64. The Morgan fingerprint density at radius 1 is 1.29 bits per heavy atom. The van der Waals surface area contributed by atoms with E-state index in [-0.39, 0.29) is 35.4 Å². The fraction of sp³-hybridized carbons (Fsp3) is 0.263. The molecule has 0 fully saturated rings. The SMILES string of the molecule is COc1ccc([C@@H](C)NC(=O)CCN=C2NS(=O)(=O)c3ccccc32)cc1F. The first-order valence-electron chi connectivity index (χ1n) is 8.61. The van der Waals surface area contributed by atoms with Gasteiger partial charge in [-0.3, -0.25) is 14.5 Å². The highest BCUT2D eigenvalue weighted by molar-refractivity contribution is 7.90. The highest BCUT2D eigenvalue weighted by Gasteiger charge is 2.29. The average Bonchev–Trinajstić information content (AvgIpc) is 2.92. The Balaban J connectivity index is 1.59. The topological polar surface area (TPSA) is 96.9 Å². The van der Waals surface area contributed by atoms with Crippen LogP contribution in [0.25, 0.3) is 0 Å². The van der Waals surface area contributed by atoms with Crippen LogP contribution in [-0.2, 0) is 14.8 Å². The molecule has 0 aromatic heterocycles. The van der Waals surface area contributed by atoms with Gasteiger partial charge in [0.15, 0.2) is 11.6 Å². The van der Waals surface area contributed by atoms with Crippen molar-refractivity contribution in [2.24, 2.45) is 4.99 Å². The first kappa shape index (κ1) is 19.8. The zero-order valence-electron chi connectivity index (χ0n) is 15.4. The summed E-state index contributed by atoms with van der Waals surface area (Å²) in [6.45, 7) is 1.86. The molecule has 0 saturated heterocycles. The summed E-state index contributed by atoms with van der Waals surface area (Å²) in [7, 11) is -2.21. The fourth-order valence-corrected chi connectivity index (χ4v) is 4.12. The van der Waals surface area contributed by atoms with Gasteiger partial charge in [0.25, 0.3) is 10.0 Å². The molecule has 3 rings (SSSR count). The maximum absolute atomic E-state index is 13.8. The molecule has 2 aromatic carbocycles. The molecule has 1 aliphatic rings. The number of hydrogen-bond donors (Lipinski definition) is 2. The van der Waals surface area contributed by atoms with E-state index in [1.807, 2.05) is 0 Å². The van der Waals surface area contributed by atoms with E-state index < -0.39 is 21.9 Å². The van der Waals surface area contributed by atoms with Gasteiger partial charge in [0.2, 0.25) is 5.91 Å². The van der Waals surface area contributed by atoms with Crippen LogP contribution < -0.4 is 14.8 Å². The van der Waals surface area contributed by atoms with Crippen LogP contribution in [0, 0.1) is 5.82 Å². The lowest BCUT2D eigenvalue weighted by atomic mass is 10.1. The third kappa shape index (κ3) is 4.14. The number of amidine groups is 1. The van der Waals surface area contributed by atoms with E-state index in [4.69, 9.17) is 4.74 Å². The first-order valence-corrected chi connectivity index (χ1v) is 10.1. The molecule has 0 radical (unpaired) electrons. The Bertz CT molecular complexity index is 1040. The number of hydrogen-bond acceptors (Lipinski definition) is 5. The highest BCUT2D eigenvalue weighted by Crippen LogP contribution is 2.23. The van der Waals surface area contributed by atoms with Crippen molar-refractivity contribution in [1.82, 2.24) is 10.0 Å². The van der Waals surface area contributed by atoms with E-state index in [9.17, 15) is 17.6 Å². The lowest BCUT2D eigenvalue weighted by Gasteiger charge is -2.15. The summed E-state index contributed by atoms with van der Waals surface area (Å²) in [5.74, 6) is -0.409. The molecule has 1 aliphatic heterocycles. The van der Waals surface area contributed by atoms with Gasteiger partial charge in [0.05, 0.1) is 24.6 Å². The van der Waals surface area contributed by atoms with Crippen molar-refractivity contribution >= 4 is 21.8 Å². The number of aliphatic imine (C=N–C) groups is 1. The molecule has 2 N–H and O–H groups in total. The standard InChI is InChI=1S/C19H20FN3O4S/c1-12(13-7-8-16(27-2)15(20)11-13)22-18(24)9-10-21-19-14-5-3-4-6-17(14)28(25,26)23-19/h3-8,11-12H,9-10H2,1-2H3,(H,21,23)(H,22,24)/t12-/m1/s1. The van der Waals surface area contributed by atoms with Gasteiger partial charge in [-0.15, -0.1) is 0 Å². The molecule has 9 heteroatoms. The lowest BCUT2D eigenvalue weighted by molar-refractivity contribution is -0.121. The van der Waals surface area contributed by atoms with Crippen LogP contribution in [0.3, 0.4) is 0 Å². The molecule has 0 spiro atoms. The quantitative estimate of drug-likeness (QED) is 0.770. The van der Waals surface area contributed by atoms with Crippen LogP contribution in [0.1, 0.15) is 30.5 Å². The van der Waals surface area contributed by atoms with E-state index in [1.54, 1.807) is 31.2 Å². The molecule has 0 unspecified atom stereocenters. The van der Waals surface area contributed by atoms with Gasteiger partial charge in [-0.1, -0.05) is 18.2 Å². The molecule has 148 valence electrons. The van der Waals surface area contributed by atoms with Crippen molar-refractivity contribution in [3.63, 3.8) is 0 Å². The van der Waals surface area contributed by atoms with E-state index >= 15 is 0 Å². The molecule has 0 bridgehead atoms. The largest absolute Gasteiger partial charge is 0.494 e.